The van der Waals surface area contributed by atoms with Crippen LogP contribution in [0.4, 0.5) is 17.6 Å². The summed E-state index contributed by atoms with van der Waals surface area (Å²) in [5, 5.41) is 10.3. The van der Waals surface area contributed by atoms with Crippen molar-refractivity contribution in [2.75, 3.05) is 6.61 Å². The molecule has 1 saturated carbocycles. The minimum Gasteiger partial charge on any atom is -0.490 e. The Kier molecular flexibility index (Phi) is 10.8. The molecule has 0 spiro atoms. The van der Waals surface area contributed by atoms with Crippen LogP contribution in [0.25, 0.3) is 11.1 Å². The molecule has 8 heteroatoms. The van der Waals surface area contributed by atoms with E-state index in [-0.39, 0.29) is 41.4 Å². The molecule has 224 valence electrons. The van der Waals surface area contributed by atoms with Crippen LogP contribution >= 0.6 is 0 Å². The second-order valence-corrected chi connectivity index (χ2v) is 10.7. The number of hydrogen-bond acceptors (Lipinski definition) is 4. The van der Waals surface area contributed by atoms with Crippen molar-refractivity contribution in [2.24, 2.45) is 5.92 Å². The monoisotopic (exact) mass is 584 g/mol. The molecule has 1 unspecified atom stereocenters. The Morgan fingerprint density at radius 1 is 0.929 bits per heavy atom. The Morgan fingerprint density at radius 2 is 1.60 bits per heavy atom. The highest BCUT2D eigenvalue weighted by molar-refractivity contribution is 5.91. The number of aliphatic hydroxyl groups is 1. The lowest BCUT2D eigenvalue weighted by Gasteiger charge is -2.32. The second kappa shape index (κ2) is 14.5. The maximum atomic E-state index is 15.2. The fourth-order valence-corrected chi connectivity index (χ4v) is 5.51. The number of allylic oxidation sites excluding steroid dienone is 1. The van der Waals surface area contributed by atoms with E-state index in [0.29, 0.717) is 36.8 Å². The van der Waals surface area contributed by atoms with Gasteiger partial charge >= 0.3 is 5.97 Å². The zero-order valence-corrected chi connectivity index (χ0v) is 23.7. The van der Waals surface area contributed by atoms with Gasteiger partial charge in [-0.1, -0.05) is 43.7 Å². The van der Waals surface area contributed by atoms with Crippen LogP contribution in [0.15, 0.2) is 61.2 Å². The zero-order valence-electron chi connectivity index (χ0n) is 23.7. The Balaban J connectivity index is 1.41. The first kappa shape index (κ1) is 31.3. The van der Waals surface area contributed by atoms with Gasteiger partial charge in [0.1, 0.15) is 0 Å². The third kappa shape index (κ3) is 7.21. The second-order valence-electron chi connectivity index (χ2n) is 10.7. The van der Waals surface area contributed by atoms with Crippen LogP contribution in [0.3, 0.4) is 0 Å². The zero-order chi connectivity index (χ0) is 30.2. The number of carbonyl (C=O) groups is 1. The number of halogens is 4. The third-order valence-electron chi connectivity index (χ3n) is 7.91. The van der Waals surface area contributed by atoms with Gasteiger partial charge in [-0.2, -0.15) is 8.78 Å². The highest BCUT2D eigenvalue weighted by Crippen LogP contribution is 2.40. The number of aliphatic hydroxyl groups excluding tert-OH is 1. The van der Waals surface area contributed by atoms with Gasteiger partial charge in [0.2, 0.25) is 11.6 Å². The molecule has 3 aromatic rings. The number of ether oxygens (including phenoxy) is 2. The van der Waals surface area contributed by atoms with Crippen LogP contribution < -0.4 is 9.47 Å². The molecule has 4 rings (SSSR count). The predicted molar refractivity (Wildman–Crippen MR) is 154 cm³/mol. The van der Waals surface area contributed by atoms with Crippen LogP contribution in [-0.2, 0) is 0 Å². The fraction of sp³-hybridized carbons (Fsp3) is 0.382. The first-order valence-corrected chi connectivity index (χ1v) is 14.4. The molecule has 0 saturated heterocycles. The van der Waals surface area contributed by atoms with Crippen molar-refractivity contribution in [1.82, 2.24) is 0 Å². The number of esters is 1. The molecule has 1 aliphatic rings. The summed E-state index contributed by atoms with van der Waals surface area (Å²) >= 11 is 0. The average Bonchev–Trinajstić information content (AvgIpc) is 3.00. The number of rotatable bonds is 12. The van der Waals surface area contributed by atoms with Gasteiger partial charge in [0.15, 0.2) is 23.1 Å². The SMILES string of the molecule is C=CCCCOc1ccc(OC(=O)c2ccc(-c3ccc(C4CCC(C(O)CCC)CC4)c(F)c3F)cc2)c(F)c1F. The number of hydrogen-bond donors (Lipinski definition) is 1. The van der Waals surface area contributed by atoms with Gasteiger partial charge in [0.25, 0.3) is 0 Å². The van der Waals surface area contributed by atoms with Gasteiger partial charge in [0, 0.05) is 5.56 Å². The molecule has 0 bridgehead atoms. The van der Waals surface area contributed by atoms with Gasteiger partial charge in [-0.25, -0.2) is 13.6 Å². The summed E-state index contributed by atoms with van der Waals surface area (Å²) in [6.07, 6.45) is 7.17. The highest BCUT2D eigenvalue weighted by atomic mass is 19.2. The summed E-state index contributed by atoms with van der Waals surface area (Å²) < 4.78 is 69.5. The van der Waals surface area contributed by atoms with Crippen molar-refractivity contribution in [3.63, 3.8) is 0 Å². The molecule has 0 aliphatic heterocycles. The molecule has 1 N–H and O–H groups in total. The van der Waals surface area contributed by atoms with Gasteiger partial charge in [-0.3, -0.25) is 0 Å². The molecular weight excluding hydrogens is 548 g/mol. The molecule has 42 heavy (non-hydrogen) atoms. The molecule has 4 nitrogen and oxygen atoms in total. The van der Waals surface area contributed by atoms with E-state index in [1.165, 1.54) is 36.4 Å². The topological polar surface area (TPSA) is 55.8 Å². The summed E-state index contributed by atoms with van der Waals surface area (Å²) in [5.41, 5.74) is 0.737. The molecule has 0 radical (unpaired) electrons. The minimum atomic E-state index is -1.36. The van der Waals surface area contributed by atoms with E-state index in [1.807, 2.05) is 6.92 Å². The molecule has 1 aliphatic carbocycles. The summed E-state index contributed by atoms with van der Waals surface area (Å²) in [7, 11) is 0. The number of unbranched alkanes of at least 4 members (excludes halogenated alkanes) is 1. The van der Waals surface area contributed by atoms with Crippen molar-refractivity contribution in [1.29, 1.82) is 0 Å². The van der Waals surface area contributed by atoms with Gasteiger partial charge in [-0.05, 0) is 92.2 Å². The van der Waals surface area contributed by atoms with Crippen molar-refractivity contribution in [3.05, 3.63) is 95.6 Å². The smallest absolute Gasteiger partial charge is 0.343 e. The molecule has 0 amide bonds. The standard InChI is InChI=1S/C34H36F4O4/c1-3-5-6-20-41-28-18-19-29(33(38)32(28)37)42-34(40)24-14-10-22(11-15-24)26-17-16-25(30(35)31(26)36)21-8-12-23(13-9-21)27(39)7-4-2/h3,10-11,14-19,21,23,27,39H,1,4-9,12-13,20H2,2H3. The third-order valence-corrected chi connectivity index (χ3v) is 7.91. The first-order chi connectivity index (χ1) is 20.2. The lowest BCUT2D eigenvalue weighted by Crippen LogP contribution is -2.25. The summed E-state index contributed by atoms with van der Waals surface area (Å²) in [5.74, 6) is -6.24. The molecule has 0 heterocycles. The van der Waals surface area contributed by atoms with Crippen molar-refractivity contribution < 1.29 is 36.9 Å². The normalized spacial score (nSPS) is 17.5. The Morgan fingerprint density at radius 3 is 2.26 bits per heavy atom. The quantitative estimate of drug-likeness (QED) is 0.0759. The van der Waals surface area contributed by atoms with Crippen LogP contribution in [0.1, 0.15) is 80.1 Å². The molecular formula is C34H36F4O4. The lowest BCUT2D eigenvalue weighted by molar-refractivity contribution is 0.0722. The van der Waals surface area contributed by atoms with E-state index in [2.05, 4.69) is 6.58 Å². The van der Waals surface area contributed by atoms with E-state index >= 15 is 8.78 Å². The molecule has 1 atom stereocenters. The Labute approximate surface area is 244 Å². The van der Waals surface area contributed by atoms with E-state index in [4.69, 9.17) is 9.47 Å². The number of carbonyl (C=O) groups excluding carboxylic acids is 1. The fourth-order valence-electron chi connectivity index (χ4n) is 5.51. The summed E-state index contributed by atoms with van der Waals surface area (Å²) in [6, 6.07) is 11.0. The molecule has 3 aromatic carbocycles. The Bertz CT molecular complexity index is 1380. The van der Waals surface area contributed by atoms with Crippen molar-refractivity contribution in [2.45, 2.75) is 70.3 Å². The Hall–Kier alpha value is -3.65. The molecule has 1 fully saturated rings. The minimum absolute atomic E-state index is 0.0165. The summed E-state index contributed by atoms with van der Waals surface area (Å²) in [6.45, 7) is 5.78. The van der Waals surface area contributed by atoms with Crippen molar-refractivity contribution in [3.8, 4) is 22.6 Å². The predicted octanol–water partition coefficient (Wildman–Crippen LogP) is 8.91. The first-order valence-electron chi connectivity index (χ1n) is 14.4. The van der Waals surface area contributed by atoms with Crippen LogP contribution in [0.2, 0.25) is 0 Å². The maximum absolute atomic E-state index is 15.2. The lowest BCUT2D eigenvalue weighted by atomic mass is 9.75. The number of benzene rings is 3. The van der Waals surface area contributed by atoms with Gasteiger partial charge in [0.05, 0.1) is 18.3 Å². The van der Waals surface area contributed by atoms with E-state index in [9.17, 15) is 18.7 Å². The summed E-state index contributed by atoms with van der Waals surface area (Å²) in [4.78, 5) is 12.6. The van der Waals surface area contributed by atoms with Crippen LogP contribution in [0, 0.1) is 29.2 Å². The van der Waals surface area contributed by atoms with Crippen LogP contribution in [0.5, 0.6) is 11.5 Å². The van der Waals surface area contributed by atoms with Crippen LogP contribution in [-0.4, -0.2) is 23.8 Å². The van der Waals surface area contributed by atoms with Gasteiger partial charge < -0.3 is 14.6 Å². The van der Waals surface area contributed by atoms with E-state index < -0.39 is 35.0 Å². The van der Waals surface area contributed by atoms with E-state index in [0.717, 1.165) is 31.7 Å². The maximum Gasteiger partial charge on any atom is 0.343 e. The van der Waals surface area contributed by atoms with E-state index in [1.54, 1.807) is 12.1 Å². The largest absolute Gasteiger partial charge is 0.490 e. The average molecular weight is 585 g/mol. The highest BCUT2D eigenvalue weighted by Gasteiger charge is 2.29. The van der Waals surface area contributed by atoms with Gasteiger partial charge in [-0.15, -0.1) is 6.58 Å². The molecule has 0 aromatic heterocycles. The van der Waals surface area contributed by atoms with Crippen molar-refractivity contribution >= 4 is 5.97 Å².